The van der Waals surface area contributed by atoms with Gasteiger partial charge in [-0.2, -0.15) is 0 Å². The van der Waals surface area contributed by atoms with E-state index in [2.05, 4.69) is 37.9 Å². The summed E-state index contributed by atoms with van der Waals surface area (Å²) >= 11 is 0. The van der Waals surface area contributed by atoms with Crippen molar-refractivity contribution in [1.82, 2.24) is 10.2 Å². The molecule has 0 aromatic rings. The molecule has 1 unspecified atom stereocenters. The molecule has 2 heteroatoms. The maximum absolute atomic E-state index is 3.62. The number of rotatable bonds is 6. The van der Waals surface area contributed by atoms with Gasteiger partial charge >= 0.3 is 0 Å². The molecule has 0 saturated carbocycles. The Labute approximate surface area is 102 Å². The molecule has 1 rings (SSSR count). The van der Waals surface area contributed by atoms with Gasteiger partial charge in [-0.25, -0.2) is 0 Å². The highest BCUT2D eigenvalue weighted by atomic mass is 15.2. The van der Waals surface area contributed by atoms with Gasteiger partial charge in [0.2, 0.25) is 0 Å². The average Bonchev–Trinajstić information content (AvgIpc) is 2.16. The fraction of sp³-hybridized carbons (Fsp3) is 1.00. The molecule has 0 bridgehead atoms. The van der Waals surface area contributed by atoms with Crippen molar-refractivity contribution in [3.8, 4) is 0 Å². The molecule has 1 aliphatic rings. The van der Waals surface area contributed by atoms with Crippen LogP contribution in [0, 0.1) is 5.41 Å². The maximum Gasteiger partial charge on any atom is 0.0194 e. The van der Waals surface area contributed by atoms with E-state index in [-0.39, 0.29) is 0 Å². The summed E-state index contributed by atoms with van der Waals surface area (Å²) in [5.74, 6) is 0. The van der Waals surface area contributed by atoms with Crippen molar-refractivity contribution in [1.29, 1.82) is 0 Å². The third-order valence-corrected chi connectivity index (χ3v) is 3.59. The van der Waals surface area contributed by atoms with Crippen LogP contribution in [0.2, 0.25) is 0 Å². The molecule has 1 fully saturated rings. The molecular formula is C14H30N2. The third-order valence-electron chi connectivity index (χ3n) is 3.59. The summed E-state index contributed by atoms with van der Waals surface area (Å²) in [6, 6.07) is 0.698. The van der Waals surface area contributed by atoms with Gasteiger partial charge in [-0.15, -0.1) is 0 Å². The second-order valence-corrected chi connectivity index (χ2v) is 6.05. The number of piperidine rings is 1. The maximum atomic E-state index is 3.62. The molecule has 16 heavy (non-hydrogen) atoms. The van der Waals surface area contributed by atoms with Crippen molar-refractivity contribution in [2.24, 2.45) is 5.41 Å². The fourth-order valence-electron chi connectivity index (χ4n) is 2.91. The summed E-state index contributed by atoms with van der Waals surface area (Å²) in [6.07, 6.45) is 5.36. The number of hydrogen-bond donors (Lipinski definition) is 1. The highest BCUT2D eigenvalue weighted by Crippen LogP contribution is 2.28. The lowest BCUT2D eigenvalue weighted by Gasteiger charge is -2.39. The largest absolute Gasteiger partial charge is 0.313 e. The zero-order valence-electron chi connectivity index (χ0n) is 11.7. The lowest BCUT2D eigenvalue weighted by molar-refractivity contribution is 0.106. The Bertz CT molecular complexity index is 183. The van der Waals surface area contributed by atoms with Gasteiger partial charge in [0.15, 0.2) is 0 Å². The van der Waals surface area contributed by atoms with Crippen LogP contribution in [0.4, 0.5) is 0 Å². The molecule has 2 nitrogen and oxygen atoms in total. The topological polar surface area (TPSA) is 15.3 Å². The minimum Gasteiger partial charge on any atom is -0.313 e. The van der Waals surface area contributed by atoms with E-state index in [4.69, 9.17) is 0 Å². The van der Waals surface area contributed by atoms with Crippen molar-refractivity contribution in [2.75, 3.05) is 26.2 Å². The van der Waals surface area contributed by atoms with Gasteiger partial charge in [0, 0.05) is 19.1 Å². The quantitative estimate of drug-likeness (QED) is 0.749. The highest BCUT2D eigenvalue weighted by molar-refractivity contribution is 4.82. The summed E-state index contributed by atoms with van der Waals surface area (Å²) in [5.41, 5.74) is 0.529. The first-order valence-electron chi connectivity index (χ1n) is 7.03. The van der Waals surface area contributed by atoms with Crippen LogP contribution in [0.15, 0.2) is 0 Å². The summed E-state index contributed by atoms with van der Waals surface area (Å²) in [4.78, 5) is 2.66. The van der Waals surface area contributed by atoms with Crippen molar-refractivity contribution in [3.05, 3.63) is 0 Å². The van der Waals surface area contributed by atoms with Gasteiger partial charge < -0.3 is 10.2 Å². The molecule has 0 aromatic carbocycles. The molecular weight excluding hydrogens is 196 g/mol. The van der Waals surface area contributed by atoms with Crippen molar-refractivity contribution < 1.29 is 0 Å². The molecule has 1 N–H and O–H groups in total. The number of nitrogens with zero attached hydrogens (tertiary/aromatic N) is 1. The molecule has 0 amide bonds. The Morgan fingerprint density at radius 3 is 2.62 bits per heavy atom. The molecule has 1 heterocycles. The Kier molecular flexibility index (Phi) is 5.77. The smallest absolute Gasteiger partial charge is 0.0194 e. The monoisotopic (exact) mass is 226 g/mol. The van der Waals surface area contributed by atoms with E-state index in [1.54, 1.807) is 0 Å². The Hall–Kier alpha value is -0.0800. The van der Waals surface area contributed by atoms with Gasteiger partial charge in [-0.05, 0) is 37.8 Å². The minimum absolute atomic E-state index is 0.529. The summed E-state index contributed by atoms with van der Waals surface area (Å²) in [7, 11) is 0. The molecule has 1 saturated heterocycles. The van der Waals surface area contributed by atoms with E-state index in [0.717, 1.165) is 6.54 Å². The van der Waals surface area contributed by atoms with Gasteiger partial charge in [-0.3, -0.25) is 0 Å². The van der Waals surface area contributed by atoms with Crippen LogP contribution in [0.3, 0.4) is 0 Å². The van der Waals surface area contributed by atoms with Crippen LogP contribution < -0.4 is 5.32 Å². The summed E-state index contributed by atoms with van der Waals surface area (Å²) in [5, 5.41) is 3.62. The summed E-state index contributed by atoms with van der Waals surface area (Å²) < 4.78 is 0. The van der Waals surface area contributed by atoms with Crippen LogP contribution in [0.1, 0.15) is 53.4 Å². The predicted octanol–water partition coefficient (Wildman–Crippen LogP) is 2.89. The van der Waals surface area contributed by atoms with E-state index in [0.29, 0.717) is 11.5 Å². The lowest BCUT2D eigenvalue weighted by Crippen LogP contribution is -2.47. The van der Waals surface area contributed by atoms with Gasteiger partial charge in [0.1, 0.15) is 0 Å². The van der Waals surface area contributed by atoms with Gasteiger partial charge in [0.25, 0.3) is 0 Å². The first-order chi connectivity index (χ1) is 7.57. The molecule has 0 spiro atoms. The van der Waals surface area contributed by atoms with Crippen LogP contribution in [0.25, 0.3) is 0 Å². The van der Waals surface area contributed by atoms with Crippen molar-refractivity contribution in [3.63, 3.8) is 0 Å². The standard InChI is InChI=1S/C14H30N2/c1-5-8-13(15-6-2)11-16-10-7-9-14(3,4)12-16/h13,15H,5-12H2,1-4H3. The summed E-state index contributed by atoms with van der Waals surface area (Å²) in [6.45, 7) is 14.2. The zero-order chi connectivity index (χ0) is 12.0. The Balaban J connectivity index is 2.38. The van der Waals surface area contributed by atoms with Crippen LogP contribution >= 0.6 is 0 Å². The van der Waals surface area contributed by atoms with E-state index in [1.165, 1.54) is 45.3 Å². The molecule has 96 valence electrons. The Morgan fingerprint density at radius 2 is 2.06 bits per heavy atom. The molecule has 1 atom stereocenters. The average molecular weight is 226 g/mol. The van der Waals surface area contributed by atoms with E-state index < -0.39 is 0 Å². The second-order valence-electron chi connectivity index (χ2n) is 6.05. The number of hydrogen-bond acceptors (Lipinski definition) is 2. The normalized spacial score (nSPS) is 23.2. The van der Waals surface area contributed by atoms with Crippen molar-refractivity contribution in [2.45, 2.75) is 59.4 Å². The first kappa shape index (κ1) is 14.0. The van der Waals surface area contributed by atoms with Crippen LogP contribution in [-0.4, -0.2) is 37.1 Å². The van der Waals surface area contributed by atoms with E-state index in [1.807, 2.05) is 0 Å². The SMILES string of the molecule is CCCC(CN1CCCC(C)(C)C1)NCC. The fourth-order valence-corrected chi connectivity index (χ4v) is 2.91. The first-order valence-corrected chi connectivity index (χ1v) is 7.03. The predicted molar refractivity (Wildman–Crippen MR) is 71.8 cm³/mol. The van der Waals surface area contributed by atoms with Crippen LogP contribution in [-0.2, 0) is 0 Å². The van der Waals surface area contributed by atoms with Crippen molar-refractivity contribution >= 4 is 0 Å². The zero-order valence-corrected chi connectivity index (χ0v) is 11.7. The molecule has 0 aromatic heterocycles. The second kappa shape index (κ2) is 6.61. The van der Waals surface area contributed by atoms with Crippen LogP contribution in [0.5, 0.6) is 0 Å². The molecule has 0 aliphatic carbocycles. The number of likely N-dealkylation sites (tertiary alicyclic amines) is 1. The van der Waals surface area contributed by atoms with E-state index >= 15 is 0 Å². The lowest BCUT2D eigenvalue weighted by atomic mass is 9.84. The number of nitrogens with one attached hydrogen (secondary N) is 1. The molecule has 0 radical (unpaired) electrons. The van der Waals surface area contributed by atoms with E-state index in [9.17, 15) is 0 Å². The Morgan fingerprint density at radius 1 is 1.31 bits per heavy atom. The number of likely N-dealkylation sites (N-methyl/N-ethyl adjacent to an activating group) is 1. The minimum atomic E-state index is 0.529. The van der Waals surface area contributed by atoms with Gasteiger partial charge in [-0.1, -0.05) is 34.1 Å². The highest BCUT2D eigenvalue weighted by Gasteiger charge is 2.27. The molecule has 1 aliphatic heterocycles. The third kappa shape index (κ3) is 4.84. The van der Waals surface area contributed by atoms with Gasteiger partial charge in [0.05, 0.1) is 0 Å².